The van der Waals surface area contributed by atoms with Crippen molar-refractivity contribution in [1.82, 2.24) is 5.32 Å². The first-order valence-corrected chi connectivity index (χ1v) is 5.35. The molecule has 0 spiro atoms. The maximum absolute atomic E-state index is 12.9. The van der Waals surface area contributed by atoms with Gasteiger partial charge in [-0.15, -0.1) is 0 Å². The summed E-state index contributed by atoms with van der Waals surface area (Å²) in [5, 5.41) is 21.2. The van der Waals surface area contributed by atoms with Crippen LogP contribution in [0.1, 0.15) is 19.4 Å². The molecule has 0 fully saturated rings. The molecule has 1 rings (SSSR count). The second-order valence-corrected chi connectivity index (χ2v) is 4.21. The van der Waals surface area contributed by atoms with Crippen LogP contribution in [0.2, 0.25) is 0 Å². The van der Waals surface area contributed by atoms with Crippen LogP contribution in [-0.4, -0.2) is 22.2 Å². The van der Waals surface area contributed by atoms with Crippen LogP contribution in [0.3, 0.4) is 0 Å². The lowest BCUT2D eigenvalue weighted by atomic mass is 10.0. The fourth-order valence-corrected chi connectivity index (χ4v) is 1.52. The molecule has 1 aromatic carbocycles. The van der Waals surface area contributed by atoms with E-state index in [0.717, 1.165) is 6.07 Å². The molecule has 0 bridgehead atoms. The minimum atomic E-state index is -0.962. The van der Waals surface area contributed by atoms with Crippen LogP contribution in [0, 0.1) is 11.7 Å². The quantitative estimate of drug-likeness (QED) is 0.734. The molecule has 0 radical (unpaired) electrons. The molecule has 0 aromatic heterocycles. The number of phenols is 1. The molecule has 1 atom stereocenters. The molecule has 0 saturated heterocycles. The number of carbonyl (C=O) groups is 1. The van der Waals surface area contributed by atoms with Crippen molar-refractivity contribution in [2.24, 2.45) is 5.92 Å². The molecule has 1 aromatic rings. The van der Waals surface area contributed by atoms with Crippen LogP contribution in [-0.2, 0) is 11.3 Å². The van der Waals surface area contributed by atoms with Gasteiger partial charge in [-0.25, -0.2) is 4.39 Å². The molecule has 4 nitrogen and oxygen atoms in total. The minimum Gasteiger partial charge on any atom is -0.508 e. The number of hydrogen-bond donors (Lipinski definition) is 3. The number of benzene rings is 1. The number of carboxylic acid groups (broad SMARTS) is 1. The van der Waals surface area contributed by atoms with Crippen molar-refractivity contribution in [3.8, 4) is 5.75 Å². The molecule has 0 aliphatic carbocycles. The molecule has 0 aliphatic rings. The van der Waals surface area contributed by atoms with E-state index in [1.807, 2.05) is 0 Å². The van der Waals surface area contributed by atoms with Crippen LogP contribution in [0.4, 0.5) is 4.39 Å². The largest absolute Gasteiger partial charge is 0.508 e. The Morgan fingerprint density at radius 2 is 2.12 bits per heavy atom. The monoisotopic (exact) mass is 241 g/mol. The van der Waals surface area contributed by atoms with Crippen molar-refractivity contribution in [3.63, 3.8) is 0 Å². The number of phenolic OH excluding ortho intramolecular Hbond substituents is 1. The van der Waals surface area contributed by atoms with Crippen LogP contribution in [0.25, 0.3) is 0 Å². The number of rotatable bonds is 5. The van der Waals surface area contributed by atoms with Crippen molar-refractivity contribution < 1.29 is 19.4 Å². The molecule has 0 saturated carbocycles. The second kappa shape index (κ2) is 5.63. The third-order valence-electron chi connectivity index (χ3n) is 2.49. The summed E-state index contributed by atoms with van der Waals surface area (Å²) in [6.45, 7) is 3.66. The average molecular weight is 241 g/mol. The predicted molar refractivity (Wildman–Crippen MR) is 61.2 cm³/mol. The number of aromatic hydroxyl groups is 1. The molecule has 0 heterocycles. The van der Waals surface area contributed by atoms with E-state index in [1.54, 1.807) is 13.8 Å². The van der Waals surface area contributed by atoms with Gasteiger partial charge in [-0.1, -0.05) is 13.8 Å². The number of aliphatic carboxylic acids is 1. The van der Waals surface area contributed by atoms with Gasteiger partial charge in [-0.3, -0.25) is 10.1 Å². The number of hydrogen-bond acceptors (Lipinski definition) is 3. The Kier molecular flexibility index (Phi) is 4.45. The van der Waals surface area contributed by atoms with Gasteiger partial charge < -0.3 is 10.2 Å². The summed E-state index contributed by atoms with van der Waals surface area (Å²) in [4.78, 5) is 10.9. The van der Waals surface area contributed by atoms with Gasteiger partial charge in [0, 0.05) is 12.1 Å². The average Bonchev–Trinajstić information content (AvgIpc) is 2.22. The van der Waals surface area contributed by atoms with Crippen molar-refractivity contribution in [2.75, 3.05) is 0 Å². The highest BCUT2D eigenvalue weighted by molar-refractivity contribution is 5.73. The Morgan fingerprint density at radius 1 is 1.47 bits per heavy atom. The Hall–Kier alpha value is -1.62. The van der Waals surface area contributed by atoms with Gasteiger partial charge in [-0.2, -0.15) is 0 Å². The molecular weight excluding hydrogens is 225 g/mol. The summed E-state index contributed by atoms with van der Waals surface area (Å²) < 4.78 is 12.9. The Morgan fingerprint density at radius 3 is 2.65 bits per heavy atom. The van der Waals surface area contributed by atoms with Gasteiger partial charge >= 0.3 is 5.97 Å². The molecule has 3 N–H and O–H groups in total. The van der Waals surface area contributed by atoms with Gasteiger partial charge in [0.1, 0.15) is 17.6 Å². The summed E-state index contributed by atoms with van der Waals surface area (Å²) in [5.41, 5.74) is 0.344. The van der Waals surface area contributed by atoms with Crippen LogP contribution < -0.4 is 5.32 Å². The highest BCUT2D eigenvalue weighted by Crippen LogP contribution is 2.18. The topological polar surface area (TPSA) is 69.6 Å². The van der Waals surface area contributed by atoms with Gasteiger partial charge in [-0.05, 0) is 24.1 Å². The zero-order valence-electron chi connectivity index (χ0n) is 9.77. The molecule has 0 aliphatic heterocycles. The van der Waals surface area contributed by atoms with Crippen molar-refractivity contribution >= 4 is 5.97 Å². The molecule has 0 amide bonds. The molecular formula is C12H16FNO3. The number of carboxylic acids is 1. The highest BCUT2D eigenvalue weighted by atomic mass is 19.1. The van der Waals surface area contributed by atoms with E-state index in [-0.39, 0.29) is 18.2 Å². The highest BCUT2D eigenvalue weighted by Gasteiger charge is 2.20. The third-order valence-corrected chi connectivity index (χ3v) is 2.49. The van der Waals surface area contributed by atoms with E-state index in [9.17, 15) is 14.3 Å². The first-order valence-electron chi connectivity index (χ1n) is 5.35. The van der Waals surface area contributed by atoms with Crippen molar-refractivity contribution in [3.05, 3.63) is 29.6 Å². The molecule has 5 heteroatoms. The second-order valence-electron chi connectivity index (χ2n) is 4.21. The standard InChI is InChI=1S/C12H16FNO3/c1-7(2)11(12(16)17)14-6-8-5-9(13)3-4-10(8)15/h3-5,7,11,14-15H,6H2,1-2H3,(H,16,17). The fourth-order valence-electron chi connectivity index (χ4n) is 1.52. The van der Waals surface area contributed by atoms with Crippen LogP contribution in [0.15, 0.2) is 18.2 Å². The Labute approximate surface area is 99.1 Å². The minimum absolute atomic E-state index is 0.0493. The van der Waals surface area contributed by atoms with Gasteiger partial charge in [0.2, 0.25) is 0 Å². The predicted octanol–water partition coefficient (Wildman–Crippen LogP) is 1.73. The Balaban J connectivity index is 2.72. The summed E-state index contributed by atoms with van der Waals surface area (Å²) in [6.07, 6.45) is 0. The Bertz CT molecular complexity index is 407. The van der Waals surface area contributed by atoms with Crippen LogP contribution >= 0.6 is 0 Å². The maximum Gasteiger partial charge on any atom is 0.320 e. The normalized spacial score (nSPS) is 12.7. The molecule has 1 unspecified atom stereocenters. The molecule has 17 heavy (non-hydrogen) atoms. The van der Waals surface area contributed by atoms with Crippen molar-refractivity contribution in [1.29, 1.82) is 0 Å². The third kappa shape index (κ3) is 3.71. The summed E-state index contributed by atoms with van der Waals surface area (Å²) in [6, 6.07) is 2.85. The smallest absolute Gasteiger partial charge is 0.320 e. The van der Waals surface area contributed by atoms with Crippen molar-refractivity contribution in [2.45, 2.75) is 26.4 Å². The first-order chi connectivity index (χ1) is 7.91. The summed E-state index contributed by atoms with van der Waals surface area (Å²) >= 11 is 0. The van der Waals surface area contributed by atoms with Gasteiger partial charge in [0.25, 0.3) is 0 Å². The maximum atomic E-state index is 12.9. The summed E-state index contributed by atoms with van der Waals surface area (Å²) in [7, 11) is 0. The van der Waals surface area contributed by atoms with Gasteiger partial charge in [0.05, 0.1) is 0 Å². The number of nitrogens with one attached hydrogen (secondary N) is 1. The SMILES string of the molecule is CC(C)C(NCc1cc(F)ccc1O)C(=O)O. The fraction of sp³-hybridized carbons (Fsp3) is 0.417. The lowest BCUT2D eigenvalue weighted by Crippen LogP contribution is -2.40. The van der Waals surface area contributed by atoms with Gasteiger partial charge in [0.15, 0.2) is 0 Å². The summed E-state index contributed by atoms with van der Waals surface area (Å²) in [5.74, 6) is -1.57. The van der Waals surface area contributed by atoms with E-state index in [0.29, 0.717) is 5.56 Å². The van der Waals surface area contributed by atoms with Crippen LogP contribution in [0.5, 0.6) is 5.75 Å². The zero-order chi connectivity index (χ0) is 13.0. The lowest BCUT2D eigenvalue weighted by Gasteiger charge is -2.18. The van der Waals surface area contributed by atoms with E-state index in [1.165, 1.54) is 12.1 Å². The van der Waals surface area contributed by atoms with E-state index in [2.05, 4.69) is 5.32 Å². The zero-order valence-corrected chi connectivity index (χ0v) is 9.77. The van der Waals surface area contributed by atoms with E-state index in [4.69, 9.17) is 5.11 Å². The van der Waals surface area contributed by atoms with E-state index >= 15 is 0 Å². The number of halogens is 1. The van der Waals surface area contributed by atoms with E-state index < -0.39 is 17.8 Å². The lowest BCUT2D eigenvalue weighted by molar-refractivity contribution is -0.140. The molecule has 94 valence electrons. The first kappa shape index (κ1) is 13.4.